The summed E-state index contributed by atoms with van der Waals surface area (Å²) in [5.41, 5.74) is 4.61. The van der Waals surface area contributed by atoms with Gasteiger partial charge in [-0.15, -0.1) is 0 Å². The molecular weight excluding hydrogens is 160 g/mol. The third-order valence-corrected chi connectivity index (χ3v) is 2.00. The number of carbonyl (C=O) groups excluding carboxylic acids is 1. The maximum absolute atomic E-state index is 10.3. The molecule has 0 saturated heterocycles. The van der Waals surface area contributed by atoms with Crippen LogP contribution in [0.2, 0.25) is 0 Å². The number of benzene rings is 1. The summed E-state index contributed by atoms with van der Waals surface area (Å²) < 4.78 is 0. The van der Waals surface area contributed by atoms with Crippen molar-refractivity contribution in [3.8, 4) is 0 Å². The molecule has 1 aromatic rings. The third kappa shape index (κ3) is 2.55. The Morgan fingerprint density at radius 3 is 2.15 bits per heavy atom. The van der Waals surface area contributed by atoms with Gasteiger partial charge in [-0.25, -0.2) is 0 Å². The van der Waals surface area contributed by atoms with Gasteiger partial charge in [0, 0.05) is 0 Å². The summed E-state index contributed by atoms with van der Waals surface area (Å²) in [5, 5.41) is 0. The van der Waals surface area contributed by atoms with Crippen molar-refractivity contribution in [2.24, 2.45) is 0 Å². The smallest absolute Gasteiger partial charge is 0.143 e. The number of hydrogen-bond acceptors (Lipinski definition) is 1. The Bertz CT molecular complexity index is 328. The highest BCUT2D eigenvalue weighted by molar-refractivity contribution is 5.80. The van der Waals surface area contributed by atoms with Crippen LogP contribution in [-0.2, 0) is 4.79 Å². The molecule has 0 spiro atoms. The molecule has 0 N–H and O–H groups in total. The molecule has 1 heteroatoms. The number of aryl methyl sites for hydroxylation is 2. The number of carbonyl (C=O) groups is 1. The molecule has 0 aliphatic carbocycles. The monoisotopic (exact) mass is 174 g/mol. The van der Waals surface area contributed by atoms with Crippen molar-refractivity contribution >= 4 is 11.9 Å². The van der Waals surface area contributed by atoms with E-state index in [-0.39, 0.29) is 0 Å². The molecule has 1 rings (SSSR count). The van der Waals surface area contributed by atoms with Crippen LogP contribution in [0.25, 0.3) is 5.57 Å². The average Bonchev–Trinajstić information content (AvgIpc) is 2.03. The molecule has 1 aromatic carbocycles. The van der Waals surface area contributed by atoms with E-state index in [1.165, 1.54) is 11.1 Å². The van der Waals surface area contributed by atoms with Crippen LogP contribution in [0.3, 0.4) is 0 Å². The van der Waals surface area contributed by atoms with Crippen molar-refractivity contribution in [1.29, 1.82) is 0 Å². The molecule has 68 valence electrons. The van der Waals surface area contributed by atoms with Crippen LogP contribution in [0, 0.1) is 13.8 Å². The van der Waals surface area contributed by atoms with Gasteiger partial charge in [-0.05, 0) is 38.0 Å². The molecule has 0 unspecified atom stereocenters. The number of allylic oxidation sites excluding steroid dienone is 2. The van der Waals surface area contributed by atoms with E-state index in [9.17, 15) is 4.79 Å². The van der Waals surface area contributed by atoms with E-state index in [4.69, 9.17) is 0 Å². The molecule has 0 aromatic heterocycles. The fraction of sp³-hybridized carbons (Fsp3) is 0.250. The van der Waals surface area contributed by atoms with Gasteiger partial charge < -0.3 is 0 Å². The first-order valence-corrected chi connectivity index (χ1v) is 4.34. The predicted octanol–water partition coefficient (Wildman–Crippen LogP) is 2.91. The summed E-state index contributed by atoms with van der Waals surface area (Å²) in [5.74, 6) is 0. The standard InChI is InChI=1S/C12H14O/c1-9-6-10(2)8-12(7-9)11(3)4-5-13/h4-8H,1-3H3. The van der Waals surface area contributed by atoms with Crippen molar-refractivity contribution in [2.45, 2.75) is 20.8 Å². The highest BCUT2D eigenvalue weighted by Crippen LogP contribution is 2.16. The molecule has 0 radical (unpaired) electrons. The minimum atomic E-state index is 0.826. The highest BCUT2D eigenvalue weighted by atomic mass is 16.1. The summed E-state index contributed by atoms with van der Waals surface area (Å²) in [6.07, 6.45) is 2.42. The molecular formula is C12H14O. The summed E-state index contributed by atoms with van der Waals surface area (Å²) in [6, 6.07) is 6.29. The van der Waals surface area contributed by atoms with E-state index in [1.807, 2.05) is 6.92 Å². The Kier molecular flexibility index (Phi) is 3.02. The molecule has 13 heavy (non-hydrogen) atoms. The van der Waals surface area contributed by atoms with E-state index in [0.717, 1.165) is 17.4 Å². The Labute approximate surface area is 79.1 Å². The van der Waals surface area contributed by atoms with Gasteiger partial charge in [0.2, 0.25) is 0 Å². The first-order valence-electron chi connectivity index (χ1n) is 4.34. The Morgan fingerprint density at radius 2 is 1.69 bits per heavy atom. The van der Waals surface area contributed by atoms with Crippen LogP contribution in [0.1, 0.15) is 23.6 Å². The van der Waals surface area contributed by atoms with Crippen molar-refractivity contribution in [3.05, 3.63) is 41.0 Å². The zero-order valence-electron chi connectivity index (χ0n) is 8.29. The topological polar surface area (TPSA) is 17.1 Å². The van der Waals surface area contributed by atoms with Gasteiger partial charge in [-0.2, -0.15) is 0 Å². The zero-order valence-corrected chi connectivity index (χ0v) is 8.29. The van der Waals surface area contributed by atoms with E-state index in [2.05, 4.69) is 32.0 Å². The van der Waals surface area contributed by atoms with Crippen LogP contribution < -0.4 is 0 Å². The second-order valence-corrected chi connectivity index (χ2v) is 3.36. The molecule has 0 aliphatic rings. The van der Waals surface area contributed by atoms with Crippen LogP contribution >= 0.6 is 0 Å². The molecule has 0 heterocycles. The summed E-state index contributed by atoms with van der Waals surface area (Å²) >= 11 is 0. The average molecular weight is 174 g/mol. The Morgan fingerprint density at radius 1 is 1.15 bits per heavy atom. The lowest BCUT2D eigenvalue weighted by molar-refractivity contribution is -0.104. The highest BCUT2D eigenvalue weighted by Gasteiger charge is 1.97. The van der Waals surface area contributed by atoms with Gasteiger partial charge in [-0.1, -0.05) is 29.3 Å². The molecule has 0 saturated carbocycles. The van der Waals surface area contributed by atoms with Gasteiger partial charge in [0.25, 0.3) is 0 Å². The fourth-order valence-corrected chi connectivity index (χ4v) is 1.40. The van der Waals surface area contributed by atoms with Gasteiger partial charge in [-0.3, -0.25) is 4.79 Å². The Balaban J connectivity index is 3.15. The molecule has 1 nitrogen and oxygen atoms in total. The normalized spacial score (nSPS) is 11.5. The van der Waals surface area contributed by atoms with Crippen molar-refractivity contribution in [2.75, 3.05) is 0 Å². The minimum Gasteiger partial charge on any atom is -0.299 e. The van der Waals surface area contributed by atoms with Crippen molar-refractivity contribution in [1.82, 2.24) is 0 Å². The van der Waals surface area contributed by atoms with Crippen LogP contribution in [0.15, 0.2) is 24.3 Å². The van der Waals surface area contributed by atoms with Crippen molar-refractivity contribution in [3.63, 3.8) is 0 Å². The first-order chi connectivity index (χ1) is 6.13. The van der Waals surface area contributed by atoms with Gasteiger partial charge in [0.15, 0.2) is 0 Å². The van der Waals surface area contributed by atoms with Crippen LogP contribution in [-0.4, -0.2) is 6.29 Å². The van der Waals surface area contributed by atoms with Gasteiger partial charge in [0.05, 0.1) is 0 Å². The van der Waals surface area contributed by atoms with E-state index >= 15 is 0 Å². The second kappa shape index (κ2) is 4.04. The van der Waals surface area contributed by atoms with Crippen LogP contribution in [0.5, 0.6) is 0 Å². The van der Waals surface area contributed by atoms with Crippen molar-refractivity contribution < 1.29 is 4.79 Å². The molecule has 0 bridgehead atoms. The predicted molar refractivity (Wildman–Crippen MR) is 55.6 cm³/mol. The van der Waals surface area contributed by atoms with E-state index in [0.29, 0.717) is 0 Å². The third-order valence-electron chi connectivity index (χ3n) is 2.00. The fourth-order valence-electron chi connectivity index (χ4n) is 1.40. The number of aldehydes is 1. The van der Waals surface area contributed by atoms with Gasteiger partial charge >= 0.3 is 0 Å². The maximum Gasteiger partial charge on any atom is 0.143 e. The summed E-state index contributed by atoms with van der Waals surface area (Å²) in [6.45, 7) is 6.07. The summed E-state index contributed by atoms with van der Waals surface area (Å²) in [7, 11) is 0. The minimum absolute atomic E-state index is 0.826. The first kappa shape index (κ1) is 9.72. The Hall–Kier alpha value is -1.37. The number of hydrogen-bond donors (Lipinski definition) is 0. The largest absolute Gasteiger partial charge is 0.299 e. The van der Waals surface area contributed by atoms with Gasteiger partial charge in [0.1, 0.15) is 6.29 Å². The van der Waals surface area contributed by atoms with E-state index in [1.54, 1.807) is 6.08 Å². The molecule has 0 atom stereocenters. The summed E-state index contributed by atoms with van der Waals surface area (Å²) in [4.78, 5) is 10.3. The second-order valence-electron chi connectivity index (χ2n) is 3.36. The maximum atomic E-state index is 10.3. The SMILES string of the molecule is CC(=CC=O)c1cc(C)cc(C)c1. The number of rotatable bonds is 2. The lowest BCUT2D eigenvalue weighted by Crippen LogP contribution is -1.84. The lowest BCUT2D eigenvalue weighted by Gasteiger charge is -2.03. The molecule has 0 fully saturated rings. The zero-order chi connectivity index (χ0) is 9.84. The lowest BCUT2D eigenvalue weighted by atomic mass is 10.0. The van der Waals surface area contributed by atoms with Crippen LogP contribution in [0.4, 0.5) is 0 Å². The molecule has 0 aliphatic heterocycles. The quantitative estimate of drug-likeness (QED) is 0.497. The van der Waals surface area contributed by atoms with E-state index < -0.39 is 0 Å². The molecule has 0 amide bonds.